The third-order valence-corrected chi connectivity index (χ3v) is 5.35. The maximum Gasteiger partial charge on any atom is 0.106 e. The minimum absolute atomic E-state index is 0.0904. The van der Waals surface area contributed by atoms with Crippen LogP contribution in [0.15, 0.2) is 0 Å². The van der Waals surface area contributed by atoms with Crippen LogP contribution < -0.4 is 0 Å². The van der Waals surface area contributed by atoms with Gasteiger partial charge in [0, 0.05) is 0 Å². The molecule has 0 spiro atoms. The van der Waals surface area contributed by atoms with E-state index in [4.69, 9.17) is 4.74 Å². The summed E-state index contributed by atoms with van der Waals surface area (Å²) >= 11 is 0. The molecule has 0 saturated heterocycles. The predicted molar refractivity (Wildman–Crippen MR) is 92.1 cm³/mol. The van der Waals surface area contributed by atoms with Gasteiger partial charge in [0.25, 0.3) is 0 Å². The number of hydrogen-bond donors (Lipinski definition) is 4. The molecule has 0 aliphatic rings. The van der Waals surface area contributed by atoms with Gasteiger partial charge in [-0.1, -0.05) is 55.4 Å². The van der Waals surface area contributed by atoms with Crippen LogP contribution in [0.2, 0.25) is 0 Å². The minimum atomic E-state index is -1.08. The third-order valence-electron chi connectivity index (χ3n) is 5.35. The van der Waals surface area contributed by atoms with E-state index in [1.54, 1.807) is 0 Å². The van der Waals surface area contributed by atoms with Crippen molar-refractivity contribution in [2.45, 2.75) is 78.8 Å². The van der Waals surface area contributed by atoms with Gasteiger partial charge in [-0.25, -0.2) is 0 Å². The maximum absolute atomic E-state index is 10.6. The quantitative estimate of drug-likeness (QED) is 0.489. The second-order valence-electron chi connectivity index (χ2n) is 7.82. The van der Waals surface area contributed by atoms with Crippen LogP contribution in [0, 0.1) is 23.7 Å². The van der Waals surface area contributed by atoms with Crippen molar-refractivity contribution in [3.8, 4) is 0 Å². The Morgan fingerprint density at radius 1 is 0.609 bits per heavy atom. The molecule has 2 atom stereocenters. The van der Waals surface area contributed by atoms with E-state index in [1.807, 2.05) is 55.4 Å². The zero-order chi connectivity index (χ0) is 18.6. The van der Waals surface area contributed by atoms with E-state index in [2.05, 4.69) is 0 Å². The minimum Gasteiger partial charge on any atom is -0.394 e. The topological polar surface area (TPSA) is 90.2 Å². The van der Waals surface area contributed by atoms with Crippen molar-refractivity contribution >= 4 is 0 Å². The summed E-state index contributed by atoms with van der Waals surface area (Å²) in [7, 11) is 0. The number of ether oxygens (including phenoxy) is 1. The van der Waals surface area contributed by atoms with Crippen molar-refractivity contribution < 1.29 is 25.2 Å². The number of rotatable bonds is 10. The molecule has 23 heavy (non-hydrogen) atoms. The standard InChI is InChI=1S/C18H38O5/c1-11(2)17(12(3)4,15(21)9-19)23-18(13(5)6,14(7)8)16(22)10-20/h11-16,19-22H,9-10H2,1-8H3. The molecule has 2 unspecified atom stereocenters. The van der Waals surface area contributed by atoms with Crippen LogP contribution in [0.4, 0.5) is 0 Å². The smallest absolute Gasteiger partial charge is 0.106 e. The van der Waals surface area contributed by atoms with Crippen LogP contribution in [-0.2, 0) is 4.74 Å². The monoisotopic (exact) mass is 334 g/mol. The Bertz CT molecular complexity index is 290. The number of hydrogen-bond acceptors (Lipinski definition) is 5. The van der Waals surface area contributed by atoms with E-state index >= 15 is 0 Å². The van der Waals surface area contributed by atoms with Gasteiger partial charge in [-0.05, 0) is 23.7 Å². The molecule has 5 nitrogen and oxygen atoms in total. The summed E-state index contributed by atoms with van der Waals surface area (Å²) in [6, 6.07) is 0. The van der Waals surface area contributed by atoms with E-state index in [9.17, 15) is 20.4 Å². The first-order chi connectivity index (χ1) is 10.4. The molecule has 0 saturated carbocycles. The Labute approximate surface area is 141 Å². The van der Waals surface area contributed by atoms with Gasteiger partial charge < -0.3 is 25.2 Å². The molecule has 0 aromatic carbocycles. The fraction of sp³-hybridized carbons (Fsp3) is 1.00. The van der Waals surface area contributed by atoms with Gasteiger partial charge in [0.1, 0.15) is 23.4 Å². The molecule has 0 heterocycles. The fourth-order valence-electron chi connectivity index (χ4n) is 4.07. The molecule has 0 radical (unpaired) electrons. The second kappa shape index (κ2) is 8.77. The van der Waals surface area contributed by atoms with Crippen molar-refractivity contribution in [2.24, 2.45) is 23.7 Å². The molecular formula is C18H38O5. The average Bonchev–Trinajstić information content (AvgIpc) is 2.45. The molecule has 0 fully saturated rings. The fourth-order valence-corrected chi connectivity index (χ4v) is 4.07. The first-order valence-electron chi connectivity index (χ1n) is 8.72. The Kier molecular flexibility index (Phi) is 8.69. The van der Waals surface area contributed by atoms with Crippen LogP contribution in [0.25, 0.3) is 0 Å². The predicted octanol–water partition coefficient (Wildman–Crippen LogP) is 1.81. The zero-order valence-corrected chi connectivity index (χ0v) is 16.1. The second-order valence-corrected chi connectivity index (χ2v) is 7.82. The Balaban J connectivity index is 6.26. The summed E-state index contributed by atoms with van der Waals surface area (Å²) in [5, 5.41) is 40.3. The molecule has 0 bridgehead atoms. The van der Waals surface area contributed by atoms with Gasteiger partial charge in [-0.2, -0.15) is 0 Å². The van der Waals surface area contributed by atoms with Gasteiger partial charge >= 0.3 is 0 Å². The van der Waals surface area contributed by atoms with Gasteiger partial charge in [-0.15, -0.1) is 0 Å². The van der Waals surface area contributed by atoms with Crippen molar-refractivity contribution in [3.05, 3.63) is 0 Å². The summed E-state index contributed by atoms with van der Waals surface area (Å²) in [6.07, 6.45) is -2.16. The number of aliphatic hydroxyl groups is 4. The molecule has 0 aliphatic carbocycles. The lowest BCUT2D eigenvalue weighted by molar-refractivity contribution is -0.298. The first kappa shape index (κ1) is 22.8. The SMILES string of the molecule is CC(C)C(OC(C(C)C)(C(C)C)C(O)CO)(C(C)C)C(O)CO. The molecule has 0 amide bonds. The largest absolute Gasteiger partial charge is 0.394 e. The highest BCUT2D eigenvalue weighted by Crippen LogP contribution is 2.44. The third kappa shape index (κ3) is 4.07. The first-order valence-corrected chi connectivity index (χ1v) is 8.72. The van der Waals surface area contributed by atoms with E-state index in [0.717, 1.165) is 0 Å². The van der Waals surface area contributed by atoms with Crippen LogP contribution in [0.5, 0.6) is 0 Å². The Hall–Kier alpha value is -0.200. The Morgan fingerprint density at radius 3 is 0.957 bits per heavy atom. The maximum atomic E-state index is 10.6. The zero-order valence-electron chi connectivity index (χ0n) is 16.1. The average molecular weight is 334 g/mol. The van der Waals surface area contributed by atoms with E-state index in [-0.39, 0.29) is 23.7 Å². The van der Waals surface area contributed by atoms with Crippen molar-refractivity contribution in [2.75, 3.05) is 13.2 Å². The lowest BCUT2D eigenvalue weighted by Gasteiger charge is -2.55. The molecule has 4 N–H and O–H groups in total. The lowest BCUT2D eigenvalue weighted by atomic mass is 9.71. The van der Waals surface area contributed by atoms with Crippen LogP contribution in [-0.4, -0.2) is 57.0 Å². The lowest BCUT2D eigenvalue weighted by Crippen LogP contribution is -2.66. The van der Waals surface area contributed by atoms with Crippen molar-refractivity contribution in [1.29, 1.82) is 0 Å². The molecule has 5 heteroatoms. The summed E-state index contributed by atoms with van der Waals surface area (Å²) in [5.74, 6) is -0.361. The van der Waals surface area contributed by atoms with Crippen LogP contribution in [0.3, 0.4) is 0 Å². The normalized spacial score (nSPS) is 16.7. The highest BCUT2D eigenvalue weighted by atomic mass is 16.6. The number of aliphatic hydroxyl groups excluding tert-OH is 4. The summed E-state index contributed by atoms with van der Waals surface area (Å²) in [4.78, 5) is 0. The summed E-state index contributed by atoms with van der Waals surface area (Å²) in [6.45, 7) is 14.7. The molecule has 0 rings (SSSR count). The summed E-state index contributed by atoms with van der Waals surface area (Å²) in [5.41, 5.74) is -2.06. The highest BCUT2D eigenvalue weighted by Gasteiger charge is 2.55. The van der Waals surface area contributed by atoms with Crippen molar-refractivity contribution in [3.63, 3.8) is 0 Å². The van der Waals surface area contributed by atoms with Gasteiger partial charge in [0.15, 0.2) is 0 Å². The molecule has 0 aromatic heterocycles. The van der Waals surface area contributed by atoms with Gasteiger partial charge in [-0.3, -0.25) is 0 Å². The Morgan fingerprint density at radius 2 is 0.826 bits per heavy atom. The molecule has 140 valence electrons. The highest BCUT2D eigenvalue weighted by molar-refractivity contribution is 5.02. The van der Waals surface area contributed by atoms with Gasteiger partial charge in [0.2, 0.25) is 0 Å². The van der Waals surface area contributed by atoms with Gasteiger partial charge in [0.05, 0.1) is 13.2 Å². The van der Waals surface area contributed by atoms with E-state index < -0.39 is 36.6 Å². The van der Waals surface area contributed by atoms with E-state index in [0.29, 0.717) is 0 Å². The van der Waals surface area contributed by atoms with Crippen molar-refractivity contribution in [1.82, 2.24) is 0 Å². The molecular weight excluding hydrogens is 296 g/mol. The molecule has 0 aliphatic heterocycles. The van der Waals surface area contributed by atoms with Crippen LogP contribution >= 0.6 is 0 Å². The summed E-state index contributed by atoms with van der Waals surface area (Å²) < 4.78 is 6.56. The van der Waals surface area contributed by atoms with Crippen LogP contribution in [0.1, 0.15) is 55.4 Å². The molecule has 0 aromatic rings. The van der Waals surface area contributed by atoms with E-state index in [1.165, 1.54) is 0 Å².